The molecule has 2 amide bonds. The summed E-state index contributed by atoms with van der Waals surface area (Å²) in [5, 5.41) is 0.909. The molecule has 0 unspecified atom stereocenters. The van der Waals surface area contributed by atoms with Gasteiger partial charge in [0.15, 0.2) is 6.61 Å². The molecule has 29 heavy (non-hydrogen) atoms. The van der Waals surface area contributed by atoms with Gasteiger partial charge in [-0.15, -0.1) is 0 Å². The fourth-order valence-electron chi connectivity index (χ4n) is 3.48. The number of hydrogen-bond donors (Lipinski definition) is 2. The van der Waals surface area contributed by atoms with Gasteiger partial charge in [0.1, 0.15) is 11.4 Å². The van der Waals surface area contributed by atoms with Crippen LogP contribution in [0.25, 0.3) is 22.7 Å². The molecule has 7 nitrogen and oxygen atoms in total. The molecule has 1 aromatic carbocycles. The number of rotatable bonds is 6. The van der Waals surface area contributed by atoms with Gasteiger partial charge in [0.25, 0.3) is 5.91 Å². The van der Waals surface area contributed by atoms with Gasteiger partial charge in [-0.25, -0.2) is 4.98 Å². The molecule has 1 aliphatic heterocycles. The summed E-state index contributed by atoms with van der Waals surface area (Å²) in [5.41, 5.74) is 8.26. The normalized spacial score (nSPS) is 14.3. The summed E-state index contributed by atoms with van der Waals surface area (Å²) < 4.78 is 5.60. The lowest BCUT2D eigenvalue weighted by Gasteiger charge is -2.15. The number of nitrogens with zero attached hydrogens (tertiary/aromatic N) is 2. The fourth-order valence-corrected chi connectivity index (χ4v) is 3.48. The monoisotopic (exact) mass is 390 g/mol. The molecule has 0 saturated carbocycles. The predicted octanol–water partition coefficient (Wildman–Crippen LogP) is 2.59. The Kier molecular flexibility index (Phi) is 5.29. The van der Waals surface area contributed by atoms with E-state index in [9.17, 15) is 9.59 Å². The summed E-state index contributed by atoms with van der Waals surface area (Å²) in [7, 11) is 0. The molecule has 0 spiro atoms. The summed E-state index contributed by atoms with van der Waals surface area (Å²) in [6.45, 7) is 1.62. The third kappa shape index (κ3) is 4.13. The van der Waals surface area contributed by atoms with Gasteiger partial charge >= 0.3 is 0 Å². The molecule has 0 bridgehead atoms. The van der Waals surface area contributed by atoms with E-state index in [0.29, 0.717) is 16.9 Å². The van der Waals surface area contributed by atoms with Crippen LogP contribution in [0.2, 0.25) is 0 Å². The Labute approximate surface area is 168 Å². The number of likely N-dealkylation sites (tertiary alicyclic amines) is 1. The number of benzene rings is 1. The molecule has 3 N–H and O–H groups in total. The number of hydrogen-bond acceptors (Lipinski definition) is 4. The lowest BCUT2D eigenvalue weighted by Crippen LogP contribution is -2.32. The quantitative estimate of drug-likeness (QED) is 0.632. The van der Waals surface area contributed by atoms with Crippen LogP contribution in [0, 0.1) is 0 Å². The van der Waals surface area contributed by atoms with Crippen molar-refractivity contribution in [3.63, 3.8) is 0 Å². The number of carbonyl (C=O) groups excluding carboxylic acids is 2. The van der Waals surface area contributed by atoms with Gasteiger partial charge in [0, 0.05) is 42.0 Å². The van der Waals surface area contributed by atoms with Crippen LogP contribution in [0.15, 0.2) is 48.8 Å². The van der Waals surface area contributed by atoms with Gasteiger partial charge in [-0.2, -0.15) is 0 Å². The molecule has 7 heteroatoms. The summed E-state index contributed by atoms with van der Waals surface area (Å²) in [6.07, 6.45) is 7.34. The number of pyridine rings is 1. The number of nitrogens with two attached hydrogens (primary N) is 1. The molecule has 2 aromatic heterocycles. The maximum Gasteiger partial charge on any atom is 0.260 e. The van der Waals surface area contributed by atoms with Crippen LogP contribution in [-0.2, 0) is 9.59 Å². The Morgan fingerprint density at radius 1 is 1.17 bits per heavy atom. The van der Waals surface area contributed by atoms with E-state index in [1.807, 2.05) is 17.0 Å². The average Bonchev–Trinajstić information content (AvgIpc) is 3.41. The van der Waals surface area contributed by atoms with Crippen LogP contribution in [-0.4, -0.2) is 46.4 Å². The van der Waals surface area contributed by atoms with Crippen LogP contribution >= 0.6 is 0 Å². The Hall–Kier alpha value is -3.61. The van der Waals surface area contributed by atoms with E-state index in [1.165, 1.54) is 0 Å². The Bertz CT molecular complexity index is 1060. The third-order valence-corrected chi connectivity index (χ3v) is 5.03. The second-order valence-corrected chi connectivity index (χ2v) is 6.97. The van der Waals surface area contributed by atoms with Crippen molar-refractivity contribution in [2.75, 3.05) is 19.7 Å². The minimum absolute atomic E-state index is 0.00255. The molecule has 3 heterocycles. The van der Waals surface area contributed by atoms with E-state index >= 15 is 0 Å². The van der Waals surface area contributed by atoms with Gasteiger partial charge in [-0.3, -0.25) is 9.59 Å². The van der Waals surface area contributed by atoms with Crippen molar-refractivity contribution < 1.29 is 14.3 Å². The van der Waals surface area contributed by atoms with E-state index < -0.39 is 5.91 Å². The van der Waals surface area contributed by atoms with Gasteiger partial charge in [-0.1, -0.05) is 12.1 Å². The number of aromatic nitrogens is 2. The highest BCUT2D eigenvalue weighted by molar-refractivity contribution is 6.24. The zero-order chi connectivity index (χ0) is 20.2. The van der Waals surface area contributed by atoms with E-state index in [2.05, 4.69) is 9.97 Å². The van der Waals surface area contributed by atoms with Gasteiger partial charge in [-0.05, 0) is 48.7 Å². The first kappa shape index (κ1) is 18.7. The lowest BCUT2D eigenvalue weighted by molar-refractivity contribution is -0.132. The largest absolute Gasteiger partial charge is 0.484 e. The van der Waals surface area contributed by atoms with Crippen molar-refractivity contribution in [1.29, 1.82) is 0 Å². The van der Waals surface area contributed by atoms with E-state index in [-0.39, 0.29) is 12.5 Å². The van der Waals surface area contributed by atoms with Crippen LogP contribution < -0.4 is 10.5 Å². The zero-order valence-corrected chi connectivity index (χ0v) is 15.9. The van der Waals surface area contributed by atoms with Crippen molar-refractivity contribution in [2.24, 2.45) is 5.73 Å². The molecule has 3 aromatic rings. The molecule has 1 fully saturated rings. The second-order valence-electron chi connectivity index (χ2n) is 6.97. The predicted molar refractivity (Wildman–Crippen MR) is 111 cm³/mol. The molecule has 0 radical (unpaired) electrons. The number of fused-ring (bicyclic) bond motifs is 1. The van der Waals surface area contributed by atoms with E-state index in [1.54, 1.807) is 42.7 Å². The Balaban J connectivity index is 1.51. The average molecular weight is 390 g/mol. The maximum atomic E-state index is 12.1. The molecule has 0 atom stereocenters. The van der Waals surface area contributed by atoms with Crippen molar-refractivity contribution >= 4 is 34.5 Å². The minimum atomic E-state index is -0.527. The van der Waals surface area contributed by atoms with Crippen LogP contribution in [0.5, 0.6) is 5.75 Å². The highest BCUT2D eigenvalue weighted by Gasteiger charge is 2.18. The lowest BCUT2D eigenvalue weighted by atomic mass is 10.0. The first-order valence-corrected chi connectivity index (χ1v) is 9.56. The first-order chi connectivity index (χ1) is 14.1. The number of H-pyrrole nitrogens is 1. The molecule has 148 valence electrons. The van der Waals surface area contributed by atoms with E-state index in [0.717, 1.165) is 42.5 Å². The highest BCUT2D eigenvalue weighted by Crippen LogP contribution is 2.24. The van der Waals surface area contributed by atoms with Crippen LogP contribution in [0.3, 0.4) is 0 Å². The number of primary amides is 1. The Morgan fingerprint density at radius 3 is 2.66 bits per heavy atom. The standard InChI is InChI=1S/C22H22N4O3/c23-21(28)19(12-16-13-25-22-18(16)4-3-9-24-22)15-5-7-17(8-6-15)29-14-20(27)26-10-1-2-11-26/h3-9,12-13H,1-2,10-11,14H2,(H2,23,28)(H,24,25). The summed E-state index contributed by atoms with van der Waals surface area (Å²) in [5.74, 6) is 0.0415. The Morgan fingerprint density at radius 2 is 1.93 bits per heavy atom. The number of carbonyl (C=O) groups is 2. The van der Waals surface area contributed by atoms with Crippen molar-refractivity contribution in [1.82, 2.24) is 14.9 Å². The molecule has 1 aliphatic rings. The van der Waals surface area contributed by atoms with Crippen LogP contribution in [0.4, 0.5) is 0 Å². The highest BCUT2D eigenvalue weighted by atomic mass is 16.5. The van der Waals surface area contributed by atoms with Crippen molar-refractivity contribution in [2.45, 2.75) is 12.8 Å². The molecule has 4 rings (SSSR count). The van der Waals surface area contributed by atoms with Gasteiger partial charge in [0.05, 0.1) is 0 Å². The molecular weight excluding hydrogens is 368 g/mol. The van der Waals surface area contributed by atoms with E-state index in [4.69, 9.17) is 10.5 Å². The topological polar surface area (TPSA) is 101 Å². The molecular formula is C22H22N4O3. The summed E-state index contributed by atoms with van der Waals surface area (Å²) in [6, 6.07) is 10.8. The van der Waals surface area contributed by atoms with Gasteiger partial charge in [0.2, 0.25) is 5.91 Å². The third-order valence-electron chi connectivity index (χ3n) is 5.03. The SMILES string of the molecule is NC(=O)C(=Cc1c[nH]c2ncccc12)c1ccc(OCC(=O)N2CCCC2)cc1. The smallest absolute Gasteiger partial charge is 0.260 e. The van der Waals surface area contributed by atoms with Gasteiger partial charge < -0.3 is 20.4 Å². The van der Waals surface area contributed by atoms with Crippen molar-refractivity contribution in [3.8, 4) is 5.75 Å². The number of ether oxygens (including phenoxy) is 1. The number of nitrogens with one attached hydrogen (secondary N) is 1. The first-order valence-electron chi connectivity index (χ1n) is 9.56. The second kappa shape index (κ2) is 8.18. The fraction of sp³-hybridized carbons (Fsp3) is 0.227. The molecule has 0 aliphatic carbocycles. The summed E-state index contributed by atoms with van der Waals surface area (Å²) in [4.78, 5) is 33.3. The molecule has 1 saturated heterocycles. The number of aromatic amines is 1. The summed E-state index contributed by atoms with van der Waals surface area (Å²) >= 11 is 0. The zero-order valence-electron chi connectivity index (χ0n) is 15.9. The maximum absolute atomic E-state index is 12.1. The van der Waals surface area contributed by atoms with Crippen LogP contribution in [0.1, 0.15) is 24.0 Å². The van der Waals surface area contributed by atoms with Crippen molar-refractivity contribution in [3.05, 3.63) is 59.9 Å². The minimum Gasteiger partial charge on any atom is -0.484 e. The number of amides is 2.